The summed E-state index contributed by atoms with van der Waals surface area (Å²) in [4.78, 5) is 1.90. The third kappa shape index (κ3) is 5.28. The van der Waals surface area contributed by atoms with E-state index in [9.17, 15) is 26.3 Å². The number of nitrogens with zero attached hydrogens (tertiary/aromatic N) is 1. The van der Waals surface area contributed by atoms with Crippen molar-refractivity contribution in [1.29, 1.82) is 0 Å². The fraction of sp³-hybridized carbons (Fsp3) is 0.667. The van der Waals surface area contributed by atoms with E-state index in [0.717, 1.165) is 13.5 Å². The third-order valence-electron chi connectivity index (χ3n) is 4.75. The van der Waals surface area contributed by atoms with Crippen LogP contribution in [0.25, 0.3) is 0 Å². The first-order valence-electron chi connectivity index (χ1n) is 8.90. The summed E-state index contributed by atoms with van der Waals surface area (Å²) in [5, 5.41) is 3.14. The number of nitrogens with one attached hydrogen (secondary N) is 1. The number of hydrogen-bond donors (Lipinski definition) is 1. The molecule has 1 aromatic rings. The number of alkyl halides is 6. The van der Waals surface area contributed by atoms with Gasteiger partial charge in [0.1, 0.15) is 5.75 Å². The lowest BCUT2D eigenvalue weighted by molar-refractivity contribution is -0.144. The Hall–Kier alpha value is -1.48. The van der Waals surface area contributed by atoms with Crippen LogP contribution < -0.4 is 10.1 Å². The van der Waals surface area contributed by atoms with Gasteiger partial charge in [-0.25, -0.2) is 0 Å². The molecule has 0 unspecified atom stereocenters. The summed E-state index contributed by atoms with van der Waals surface area (Å²) in [5.41, 5.74) is -2.83. The molecule has 0 aliphatic carbocycles. The first kappa shape index (κ1) is 21.8. The number of benzene rings is 1. The topological polar surface area (TPSA) is 24.5 Å². The molecule has 2 rings (SSSR count). The molecular weight excluding hydrogens is 374 g/mol. The number of methoxy groups -OCH3 is 1. The van der Waals surface area contributed by atoms with Gasteiger partial charge in [0, 0.05) is 37.8 Å². The van der Waals surface area contributed by atoms with E-state index in [4.69, 9.17) is 4.74 Å². The van der Waals surface area contributed by atoms with Crippen LogP contribution in [0.1, 0.15) is 48.9 Å². The van der Waals surface area contributed by atoms with E-state index < -0.39 is 29.5 Å². The molecule has 0 radical (unpaired) electrons. The maximum atomic E-state index is 13.7. The Bertz CT molecular complexity index is 624. The van der Waals surface area contributed by atoms with Gasteiger partial charge in [0.2, 0.25) is 0 Å². The maximum absolute atomic E-state index is 13.7. The van der Waals surface area contributed by atoms with E-state index in [1.807, 2.05) is 11.8 Å². The molecule has 1 N–H and O–H groups in total. The highest BCUT2D eigenvalue weighted by Crippen LogP contribution is 2.46. The van der Waals surface area contributed by atoms with Gasteiger partial charge in [0.25, 0.3) is 0 Å². The van der Waals surface area contributed by atoms with Crippen LogP contribution in [0.5, 0.6) is 5.75 Å². The molecule has 1 heterocycles. The molecule has 1 aliphatic rings. The van der Waals surface area contributed by atoms with Gasteiger partial charge in [-0.3, -0.25) is 4.90 Å². The van der Waals surface area contributed by atoms with Crippen LogP contribution in [0.15, 0.2) is 12.1 Å². The SMILES string of the molecule is CCCC[C@@H](c1c(OC)cc(C(F)(F)F)cc1C(F)(F)F)N1CCNCC1. The molecule has 0 saturated carbocycles. The average Bonchev–Trinajstić information content (AvgIpc) is 2.61. The molecule has 1 aliphatic heterocycles. The number of rotatable bonds is 6. The zero-order valence-electron chi connectivity index (χ0n) is 15.3. The predicted octanol–water partition coefficient (Wildman–Crippen LogP) is 4.87. The van der Waals surface area contributed by atoms with Crippen LogP contribution in [0, 0.1) is 0 Å². The molecule has 0 spiro atoms. The van der Waals surface area contributed by atoms with Crippen molar-refractivity contribution in [3.05, 3.63) is 28.8 Å². The highest BCUT2D eigenvalue weighted by atomic mass is 19.4. The minimum atomic E-state index is -4.91. The maximum Gasteiger partial charge on any atom is 0.416 e. The summed E-state index contributed by atoms with van der Waals surface area (Å²) >= 11 is 0. The van der Waals surface area contributed by atoms with E-state index in [1.165, 1.54) is 0 Å². The second kappa shape index (κ2) is 8.68. The lowest BCUT2D eigenvalue weighted by atomic mass is 9.91. The molecule has 9 heteroatoms. The molecule has 0 amide bonds. The molecule has 1 atom stereocenters. The van der Waals surface area contributed by atoms with Crippen LogP contribution in [-0.4, -0.2) is 38.2 Å². The summed E-state index contributed by atoms with van der Waals surface area (Å²) in [5.74, 6) is -0.364. The summed E-state index contributed by atoms with van der Waals surface area (Å²) in [6, 6.07) is 0.228. The van der Waals surface area contributed by atoms with Gasteiger partial charge in [0.15, 0.2) is 0 Å². The Morgan fingerprint density at radius 1 is 1.07 bits per heavy atom. The Labute approximate surface area is 154 Å². The van der Waals surface area contributed by atoms with Crippen molar-refractivity contribution in [3.63, 3.8) is 0 Å². The number of unbranched alkanes of at least 4 members (excludes halogenated alkanes) is 1. The molecule has 3 nitrogen and oxygen atoms in total. The van der Waals surface area contributed by atoms with Crippen molar-refractivity contribution in [1.82, 2.24) is 10.2 Å². The molecular formula is C18H24F6N2O. The molecule has 27 heavy (non-hydrogen) atoms. The Balaban J connectivity index is 2.64. The second-order valence-electron chi connectivity index (χ2n) is 6.58. The summed E-state index contributed by atoms with van der Waals surface area (Å²) in [6.45, 7) is 4.20. The number of hydrogen-bond acceptors (Lipinski definition) is 3. The second-order valence-corrected chi connectivity index (χ2v) is 6.58. The van der Waals surface area contributed by atoms with E-state index in [1.54, 1.807) is 0 Å². The van der Waals surface area contributed by atoms with Gasteiger partial charge in [0.05, 0.1) is 18.2 Å². The highest BCUT2D eigenvalue weighted by molar-refractivity contribution is 5.48. The molecule has 154 valence electrons. The van der Waals surface area contributed by atoms with Gasteiger partial charge in [-0.05, 0) is 18.6 Å². The van der Waals surface area contributed by atoms with E-state index in [2.05, 4.69) is 5.32 Å². The number of halogens is 6. The Morgan fingerprint density at radius 2 is 1.70 bits per heavy atom. The van der Waals surface area contributed by atoms with Crippen molar-refractivity contribution >= 4 is 0 Å². The standard InChI is InChI=1S/C18H24F6N2O/c1-3-4-5-14(26-8-6-25-7-9-26)16-13(18(22,23)24)10-12(17(19,20)21)11-15(16)27-2/h10-11,14,25H,3-9H2,1-2H3/t14-/m0/s1. The smallest absolute Gasteiger partial charge is 0.416 e. The summed E-state index contributed by atoms with van der Waals surface area (Å²) in [7, 11) is 1.10. The van der Waals surface area contributed by atoms with Gasteiger partial charge in [-0.1, -0.05) is 19.8 Å². The summed E-state index contributed by atoms with van der Waals surface area (Å²) < 4.78 is 85.6. The van der Waals surface area contributed by atoms with Crippen molar-refractivity contribution in [3.8, 4) is 5.75 Å². The number of ether oxygens (including phenoxy) is 1. The van der Waals surface area contributed by atoms with Crippen LogP contribution in [-0.2, 0) is 12.4 Å². The zero-order chi connectivity index (χ0) is 20.2. The van der Waals surface area contributed by atoms with E-state index >= 15 is 0 Å². The van der Waals surface area contributed by atoms with Gasteiger partial charge in [-0.2, -0.15) is 26.3 Å². The highest BCUT2D eigenvalue weighted by Gasteiger charge is 2.42. The zero-order valence-corrected chi connectivity index (χ0v) is 15.3. The quantitative estimate of drug-likeness (QED) is 0.692. The van der Waals surface area contributed by atoms with Crippen molar-refractivity contribution in [2.24, 2.45) is 0 Å². The average molecular weight is 398 g/mol. The van der Waals surface area contributed by atoms with E-state index in [0.29, 0.717) is 45.1 Å². The molecule has 1 aromatic carbocycles. The first-order valence-corrected chi connectivity index (χ1v) is 8.90. The lowest BCUT2D eigenvalue weighted by Gasteiger charge is -2.37. The fourth-order valence-electron chi connectivity index (χ4n) is 3.44. The van der Waals surface area contributed by atoms with Crippen molar-refractivity contribution in [2.45, 2.75) is 44.6 Å². The molecule has 1 saturated heterocycles. The van der Waals surface area contributed by atoms with Crippen molar-refractivity contribution < 1.29 is 31.1 Å². The number of piperazine rings is 1. The van der Waals surface area contributed by atoms with Crippen LogP contribution in [0.2, 0.25) is 0 Å². The fourth-order valence-corrected chi connectivity index (χ4v) is 3.44. The molecule has 0 bridgehead atoms. The molecule has 0 aromatic heterocycles. The third-order valence-corrected chi connectivity index (χ3v) is 4.75. The monoisotopic (exact) mass is 398 g/mol. The minimum absolute atomic E-state index is 0.201. The lowest BCUT2D eigenvalue weighted by Crippen LogP contribution is -2.45. The van der Waals surface area contributed by atoms with Gasteiger partial charge >= 0.3 is 12.4 Å². The Kier molecular flexibility index (Phi) is 7.02. The van der Waals surface area contributed by atoms with E-state index in [-0.39, 0.29) is 17.4 Å². The van der Waals surface area contributed by atoms with Gasteiger partial charge < -0.3 is 10.1 Å². The molecule has 1 fully saturated rings. The normalized spacial score (nSPS) is 17.8. The van der Waals surface area contributed by atoms with Gasteiger partial charge in [-0.15, -0.1) is 0 Å². The Morgan fingerprint density at radius 3 is 2.19 bits per heavy atom. The minimum Gasteiger partial charge on any atom is -0.496 e. The van der Waals surface area contributed by atoms with Crippen LogP contribution >= 0.6 is 0 Å². The predicted molar refractivity (Wildman–Crippen MR) is 89.7 cm³/mol. The first-order chi connectivity index (χ1) is 12.6. The summed E-state index contributed by atoms with van der Waals surface area (Å²) in [6.07, 6.45) is -7.95. The van der Waals surface area contributed by atoms with Crippen LogP contribution in [0.3, 0.4) is 0 Å². The van der Waals surface area contributed by atoms with Crippen molar-refractivity contribution in [2.75, 3.05) is 33.3 Å². The largest absolute Gasteiger partial charge is 0.496 e. The van der Waals surface area contributed by atoms with Crippen LogP contribution in [0.4, 0.5) is 26.3 Å².